The number of halogens is 1. The van der Waals surface area contributed by atoms with Crippen LogP contribution in [-0.4, -0.2) is 47.0 Å². The molecule has 2 heterocycles. The number of nitrogens with one attached hydrogen (secondary N) is 2. The third-order valence-corrected chi connectivity index (χ3v) is 3.96. The fourth-order valence-electron chi connectivity index (χ4n) is 2.36. The molecule has 0 saturated heterocycles. The number of methoxy groups -OCH3 is 2. The van der Waals surface area contributed by atoms with Gasteiger partial charge in [-0.05, 0) is 30.7 Å². The predicted molar refractivity (Wildman–Crippen MR) is 101 cm³/mol. The highest BCUT2D eigenvalue weighted by molar-refractivity contribution is 6.30. The van der Waals surface area contributed by atoms with Gasteiger partial charge in [-0.25, -0.2) is 9.97 Å². The van der Waals surface area contributed by atoms with Gasteiger partial charge in [0.1, 0.15) is 0 Å². The highest BCUT2D eigenvalue weighted by Gasteiger charge is 2.13. The Labute approximate surface area is 156 Å². The lowest BCUT2D eigenvalue weighted by atomic mass is 10.2. The van der Waals surface area contributed by atoms with Crippen LogP contribution >= 0.6 is 11.6 Å². The maximum atomic E-state index is 6.03. The van der Waals surface area contributed by atoms with E-state index in [0.29, 0.717) is 34.5 Å². The summed E-state index contributed by atoms with van der Waals surface area (Å²) < 4.78 is 10.3. The molecule has 0 aliphatic heterocycles. The molecule has 0 bridgehead atoms. The Bertz CT molecular complexity index is 904. The van der Waals surface area contributed by atoms with E-state index in [1.807, 2.05) is 25.1 Å². The second-order valence-electron chi connectivity index (χ2n) is 5.49. The van der Waals surface area contributed by atoms with Crippen molar-refractivity contribution in [1.82, 2.24) is 19.9 Å². The summed E-state index contributed by atoms with van der Waals surface area (Å²) in [6.07, 6.45) is 2.78. The molecule has 3 rings (SSSR count). The number of ether oxygens (including phenoxy) is 2. The molecular weight excluding hydrogens is 356 g/mol. The van der Waals surface area contributed by atoms with Crippen molar-refractivity contribution in [3.8, 4) is 0 Å². The first-order valence-corrected chi connectivity index (χ1v) is 8.30. The van der Waals surface area contributed by atoms with E-state index in [1.54, 1.807) is 26.6 Å². The maximum Gasteiger partial charge on any atom is 0.227 e. The standard InChI is InChI=1S/C17H19ClN6O2/c1-10-8-11(18)4-5-12(10)22-16-14-15(20-7-6-19-14)23-17(24-16)21-9-13(25-2)26-3/h4-8,13H,9H2,1-3H3,(H2,20,21,22,23,24). The first-order chi connectivity index (χ1) is 12.6. The average Bonchev–Trinajstić information content (AvgIpc) is 2.65. The molecule has 0 saturated carbocycles. The first kappa shape index (κ1) is 18.2. The molecule has 136 valence electrons. The van der Waals surface area contributed by atoms with E-state index >= 15 is 0 Å². The molecule has 0 aliphatic carbocycles. The molecule has 0 unspecified atom stereocenters. The van der Waals surface area contributed by atoms with Crippen LogP contribution in [0.4, 0.5) is 17.5 Å². The Balaban J connectivity index is 1.94. The molecule has 2 N–H and O–H groups in total. The van der Waals surface area contributed by atoms with E-state index in [0.717, 1.165) is 11.3 Å². The van der Waals surface area contributed by atoms with Crippen molar-refractivity contribution in [2.45, 2.75) is 13.2 Å². The molecular formula is C17H19ClN6O2. The summed E-state index contributed by atoms with van der Waals surface area (Å²) in [4.78, 5) is 17.5. The number of hydrogen-bond acceptors (Lipinski definition) is 8. The topological polar surface area (TPSA) is 94.1 Å². The van der Waals surface area contributed by atoms with Crippen molar-refractivity contribution in [2.75, 3.05) is 31.4 Å². The number of anilines is 3. The van der Waals surface area contributed by atoms with E-state index in [1.165, 1.54) is 0 Å². The molecule has 3 aromatic rings. The normalized spacial score (nSPS) is 11.1. The number of fused-ring (bicyclic) bond motifs is 1. The molecule has 2 aromatic heterocycles. The van der Waals surface area contributed by atoms with Crippen LogP contribution in [0.3, 0.4) is 0 Å². The lowest BCUT2D eigenvalue weighted by Crippen LogP contribution is -2.24. The number of hydrogen-bond donors (Lipinski definition) is 2. The van der Waals surface area contributed by atoms with Gasteiger partial charge in [0.05, 0.1) is 6.54 Å². The number of aromatic nitrogens is 4. The van der Waals surface area contributed by atoms with Gasteiger partial charge in [-0.15, -0.1) is 0 Å². The fraction of sp³-hybridized carbons (Fsp3) is 0.294. The smallest absolute Gasteiger partial charge is 0.227 e. The lowest BCUT2D eigenvalue weighted by Gasteiger charge is -2.15. The molecule has 26 heavy (non-hydrogen) atoms. The zero-order valence-corrected chi connectivity index (χ0v) is 15.4. The number of aryl methyl sites for hydroxylation is 1. The van der Waals surface area contributed by atoms with E-state index in [4.69, 9.17) is 21.1 Å². The van der Waals surface area contributed by atoms with Crippen molar-refractivity contribution in [1.29, 1.82) is 0 Å². The molecule has 9 heteroatoms. The van der Waals surface area contributed by atoms with Gasteiger partial charge >= 0.3 is 0 Å². The fourth-order valence-corrected chi connectivity index (χ4v) is 2.59. The summed E-state index contributed by atoms with van der Waals surface area (Å²) in [5.41, 5.74) is 2.91. The molecule has 0 atom stereocenters. The van der Waals surface area contributed by atoms with Gasteiger partial charge in [0.2, 0.25) is 5.95 Å². The molecule has 0 aliphatic rings. The van der Waals surface area contributed by atoms with Gasteiger partial charge in [0.25, 0.3) is 0 Å². The van der Waals surface area contributed by atoms with Gasteiger partial charge in [0.15, 0.2) is 23.3 Å². The Morgan fingerprint density at radius 2 is 1.88 bits per heavy atom. The molecule has 0 spiro atoms. The minimum Gasteiger partial charge on any atom is -0.354 e. The van der Waals surface area contributed by atoms with Crippen LogP contribution in [0.1, 0.15) is 5.56 Å². The Morgan fingerprint density at radius 1 is 1.12 bits per heavy atom. The van der Waals surface area contributed by atoms with Gasteiger partial charge in [-0.1, -0.05) is 11.6 Å². The van der Waals surface area contributed by atoms with Crippen LogP contribution < -0.4 is 10.6 Å². The lowest BCUT2D eigenvalue weighted by molar-refractivity contribution is -0.0914. The molecule has 8 nitrogen and oxygen atoms in total. The summed E-state index contributed by atoms with van der Waals surface area (Å²) in [6, 6.07) is 5.58. The van der Waals surface area contributed by atoms with Crippen LogP contribution in [0.2, 0.25) is 5.02 Å². The van der Waals surface area contributed by atoms with Crippen molar-refractivity contribution in [3.63, 3.8) is 0 Å². The van der Waals surface area contributed by atoms with Crippen molar-refractivity contribution in [2.24, 2.45) is 0 Å². The number of rotatable bonds is 7. The Kier molecular flexibility index (Phi) is 5.77. The van der Waals surface area contributed by atoms with E-state index < -0.39 is 6.29 Å². The van der Waals surface area contributed by atoms with Crippen molar-refractivity contribution < 1.29 is 9.47 Å². The number of nitrogens with zero attached hydrogens (tertiary/aromatic N) is 4. The van der Waals surface area contributed by atoms with Gasteiger partial charge < -0.3 is 20.1 Å². The predicted octanol–water partition coefficient (Wildman–Crippen LogP) is 3.16. The molecule has 0 fully saturated rings. The van der Waals surface area contributed by atoms with Gasteiger partial charge in [0, 0.05) is 37.3 Å². The molecule has 1 aromatic carbocycles. The third kappa shape index (κ3) is 4.16. The Hall–Kier alpha value is -2.55. The molecule has 0 amide bonds. The van der Waals surface area contributed by atoms with Gasteiger partial charge in [-0.3, -0.25) is 0 Å². The van der Waals surface area contributed by atoms with E-state index in [-0.39, 0.29) is 0 Å². The van der Waals surface area contributed by atoms with Gasteiger partial charge in [-0.2, -0.15) is 9.97 Å². The number of benzene rings is 1. The average molecular weight is 375 g/mol. The molecule has 0 radical (unpaired) electrons. The van der Waals surface area contributed by atoms with E-state index in [2.05, 4.69) is 30.6 Å². The summed E-state index contributed by atoms with van der Waals surface area (Å²) in [5.74, 6) is 0.939. The highest BCUT2D eigenvalue weighted by Crippen LogP contribution is 2.26. The monoisotopic (exact) mass is 374 g/mol. The van der Waals surface area contributed by atoms with Crippen LogP contribution in [-0.2, 0) is 9.47 Å². The van der Waals surface area contributed by atoms with E-state index in [9.17, 15) is 0 Å². The second kappa shape index (κ2) is 8.22. The zero-order valence-electron chi connectivity index (χ0n) is 14.7. The summed E-state index contributed by atoms with van der Waals surface area (Å²) in [7, 11) is 3.14. The summed E-state index contributed by atoms with van der Waals surface area (Å²) in [6.45, 7) is 2.35. The Morgan fingerprint density at radius 3 is 2.62 bits per heavy atom. The first-order valence-electron chi connectivity index (χ1n) is 7.92. The maximum absolute atomic E-state index is 6.03. The highest BCUT2D eigenvalue weighted by atomic mass is 35.5. The summed E-state index contributed by atoms with van der Waals surface area (Å²) in [5, 5.41) is 7.05. The second-order valence-corrected chi connectivity index (χ2v) is 5.93. The van der Waals surface area contributed by atoms with Crippen molar-refractivity contribution in [3.05, 3.63) is 41.2 Å². The summed E-state index contributed by atoms with van der Waals surface area (Å²) >= 11 is 6.03. The van der Waals surface area contributed by atoms with Crippen molar-refractivity contribution >= 4 is 40.2 Å². The third-order valence-electron chi connectivity index (χ3n) is 3.73. The minimum absolute atomic E-state index is 0.387. The quantitative estimate of drug-likeness (QED) is 0.609. The largest absolute Gasteiger partial charge is 0.354 e. The van der Waals surface area contributed by atoms with Crippen LogP contribution in [0.15, 0.2) is 30.6 Å². The SMILES string of the molecule is COC(CNc1nc(Nc2ccc(Cl)cc2C)c2nccnc2n1)OC. The van der Waals surface area contributed by atoms with Crippen LogP contribution in [0, 0.1) is 6.92 Å². The minimum atomic E-state index is -0.411. The van der Waals surface area contributed by atoms with Crippen LogP contribution in [0.25, 0.3) is 11.2 Å². The zero-order chi connectivity index (χ0) is 18.5. The van der Waals surface area contributed by atoms with Crippen LogP contribution in [0.5, 0.6) is 0 Å².